The van der Waals surface area contributed by atoms with Crippen LogP contribution in [0.2, 0.25) is 0 Å². The zero-order chi connectivity index (χ0) is 10.5. The van der Waals surface area contributed by atoms with Crippen LogP contribution in [0.3, 0.4) is 0 Å². The van der Waals surface area contributed by atoms with Gasteiger partial charge < -0.3 is 10.1 Å². The van der Waals surface area contributed by atoms with Crippen molar-refractivity contribution in [1.29, 1.82) is 0 Å². The Kier molecular flexibility index (Phi) is 4.42. The molecular formula is C12H24N2O. The summed E-state index contributed by atoms with van der Waals surface area (Å²) in [5.41, 5.74) is 0. The standard InChI is InChI=1S/C12H24N2O/c1-2-10-4-3-5-13-6-11-7-14-9-15-8-12(10)11/h10-14H,2-9H2,1H3/t10-,11?,12-/m1/s1. The average molecular weight is 212 g/mol. The molecule has 2 rings (SSSR count). The lowest BCUT2D eigenvalue weighted by Gasteiger charge is -2.33. The molecule has 0 amide bonds. The van der Waals surface area contributed by atoms with Crippen LogP contribution in [0.4, 0.5) is 0 Å². The molecular weight excluding hydrogens is 188 g/mol. The van der Waals surface area contributed by atoms with Gasteiger partial charge in [0, 0.05) is 6.54 Å². The highest BCUT2D eigenvalue weighted by Crippen LogP contribution is 2.30. The largest absolute Gasteiger partial charge is 0.366 e. The van der Waals surface area contributed by atoms with Crippen LogP contribution in [0.5, 0.6) is 0 Å². The van der Waals surface area contributed by atoms with E-state index in [1.807, 2.05) is 0 Å². The molecule has 2 aliphatic heterocycles. The minimum atomic E-state index is 0.740. The number of nitrogens with one attached hydrogen (secondary N) is 2. The van der Waals surface area contributed by atoms with E-state index < -0.39 is 0 Å². The predicted molar refractivity (Wildman–Crippen MR) is 61.7 cm³/mol. The minimum absolute atomic E-state index is 0.740. The van der Waals surface area contributed by atoms with Gasteiger partial charge in [-0.1, -0.05) is 13.3 Å². The topological polar surface area (TPSA) is 33.3 Å². The van der Waals surface area contributed by atoms with Crippen molar-refractivity contribution in [2.75, 3.05) is 33.0 Å². The van der Waals surface area contributed by atoms with Gasteiger partial charge in [-0.25, -0.2) is 0 Å². The van der Waals surface area contributed by atoms with Gasteiger partial charge in [-0.3, -0.25) is 5.32 Å². The highest BCUT2D eigenvalue weighted by Gasteiger charge is 2.30. The number of fused-ring (bicyclic) bond motifs is 1. The summed E-state index contributed by atoms with van der Waals surface area (Å²) in [5.74, 6) is 2.40. The molecule has 2 heterocycles. The average Bonchev–Trinajstić information content (AvgIpc) is 2.44. The Balaban J connectivity index is 2.03. The Morgan fingerprint density at radius 2 is 2.13 bits per heavy atom. The molecule has 2 fully saturated rings. The third kappa shape index (κ3) is 2.92. The first-order chi connectivity index (χ1) is 7.42. The Labute approximate surface area is 93.0 Å². The van der Waals surface area contributed by atoms with Crippen molar-refractivity contribution in [3.8, 4) is 0 Å². The van der Waals surface area contributed by atoms with Gasteiger partial charge in [0.25, 0.3) is 0 Å². The van der Waals surface area contributed by atoms with Gasteiger partial charge >= 0.3 is 0 Å². The fourth-order valence-corrected chi connectivity index (χ4v) is 3.04. The van der Waals surface area contributed by atoms with Crippen molar-refractivity contribution < 1.29 is 4.74 Å². The number of hydrogen-bond acceptors (Lipinski definition) is 3. The Hall–Kier alpha value is -0.120. The van der Waals surface area contributed by atoms with E-state index in [2.05, 4.69) is 17.6 Å². The fourth-order valence-electron chi connectivity index (χ4n) is 3.04. The van der Waals surface area contributed by atoms with Crippen molar-refractivity contribution in [2.45, 2.75) is 26.2 Å². The SMILES string of the molecule is CC[C@@H]1CCCNCC2CNCOC[C@@H]21. The maximum atomic E-state index is 5.65. The molecule has 0 saturated carbocycles. The smallest absolute Gasteiger partial charge is 0.0965 e. The Morgan fingerprint density at radius 3 is 3.00 bits per heavy atom. The van der Waals surface area contributed by atoms with Gasteiger partial charge in [0.15, 0.2) is 0 Å². The van der Waals surface area contributed by atoms with Crippen LogP contribution in [-0.2, 0) is 4.74 Å². The summed E-state index contributed by atoms with van der Waals surface area (Å²) in [6.45, 7) is 7.50. The van der Waals surface area contributed by atoms with Crippen LogP contribution < -0.4 is 10.6 Å². The van der Waals surface area contributed by atoms with E-state index in [1.54, 1.807) is 0 Å². The van der Waals surface area contributed by atoms with Crippen molar-refractivity contribution in [3.63, 3.8) is 0 Å². The zero-order valence-corrected chi connectivity index (χ0v) is 9.80. The van der Waals surface area contributed by atoms with Crippen molar-refractivity contribution in [3.05, 3.63) is 0 Å². The van der Waals surface area contributed by atoms with Crippen LogP contribution in [0, 0.1) is 17.8 Å². The van der Waals surface area contributed by atoms with Crippen LogP contribution >= 0.6 is 0 Å². The van der Waals surface area contributed by atoms with E-state index in [9.17, 15) is 0 Å². The van der Waals surface area contributed by atoms with E-state index in [-0.39, 0.29) is 0 Å². The quantitative estimate of drug-likeness (QED) is 0.685. The molecule has 0 radical (unpaired) electrons. The van der Waals surface area contributed by atoms with Gasteiger partial charge in [-0.15, -0.1) is 0 Å². The Bertz CT molecular complexity index is 186. The summed E-state index contributed by atoms with van der Waals surface area (Å²) >= 11 is 0. The molecule has 88 valence electrons. The third-order valence-electron chi connectivity index (χ3n) is 3.99. The molecule has 0 spiro atoms. The van der Waals surface area contributed by atoms with Gasteiger partial charge in [0.05, 0.1) is 13.3 Å². The molecule has 2 N–H and O–H groups in total. The summed E-state index contributed by atoms with van der Waals surface area (Å²) in [6.07, 6.45) is 4.01. The summed E-state index contributed by atoms with van der Waals surface area (Å²) in [4.78, 5) is 0. The molecule has 0 aliphatic carbocycles. The first-order valence-corrected chi connectivity index (χ1v) is 6.41. The highest BCUT2D eigenvalue weighted by atomic mass is 16.5. The molecule has 1 unspecified atom stereocenters. The van der Waals surface area contributed by atoms with E-state index in [0.717, 1.165) is 44.2 Å². The van der Waals surface area contributed by atoms with Gasteiger partial charge in [-0.2, -0.15) is 0 Å². The van der Waals surface area contributed by atoms with Crippen molar-refractivity contribution in [1.82, 2.24) is 10.6 Å². The second kappa shape index (κ2) is 5.83. The van der Waals surface area contributed by atoms with Crippen molar-refractivity contribution >= 4 is 0 Å². The van der Waals surface area contributed by atoms with Crippen molar-refractivity contribution in [2.24, 2.45) is 17.8 Å². The van der Waals surface area contributed by atoms with Gasteiger partial charge in [0.2, 0.25) is 0 Å². The fraction of sp³-hybridized carbons (Fsp3) is 1.00. The monoisotopic (exact) mass is 212 g/mol. The maximum absolute atomic E-state index is 5.65. The van der Waals surface area contributed by atoms with Crippen LogP contribution in [0.1, 0.15) is 26.2 Å². The minimum Gasteiger partial charge on any atom is -0.366 e. The summed E-state index contributed by atoms with van der Waals surface area (Å²) in [7, 11) is 0. The lowest BCUT2D eigenvalue weighted by Crippen LogP contribution is -2.40. The molecule has 3 heteroatoms. The molecule has 0 aromatic rings. The van der Waals surface area contributed by atoms with Crippen LogP contribution in [0.15, 0.2) is 0 Å². The van der Waals surface area contributed by atoms with Gasteiger partial charge in [-0.05, 0) is 43.7 Å². The number of hydrogen-bond donors (Lipinski definition) is 2. The normalized spacial score (nSPS) is 38.6. The lowest BCUT2D eigenvalue weighted by molar-refractivity contribution is 0.0645. The second-order valence-electron chi connectivity index (χ2n) is 4.91. The maximum Gasteiger partial charge on any atom is 0.0965 e. The summed E-state index contributed by atoms with van der Waals surface area (Å²) in [6, 6.07) is 0. The number of rotatable bonds is 1. The first kappa shape index (κ1) is 11.4. The van der Waals surface area contributed by atoms with Gasteiger partial charge in [0.1, 0.15) is 0 Å². The molecule has 0 aromatic heterocycles. The molecule has 15 heavy (non-hydrogen) atoms. The molecule has 0 aromatic carbocycles. The molecule has 0 bridgehead atoms. The van der Waals surface area contributed by atoms with E-state index in [1.165, 1.54) is 25.8 Å². The first-order valence-electron chi connectivity index (χ1n) is 6.41. The molecule has 2 saturated heterocycles. The summed E-state index contributed by atoms with van der Waals surface area (Å²) < 4.78 is 5.65. The summed E-state index contributed by atoms with van der Waals surface area (Å²) in [5, 5.41) is 6.94. The zero-order valence-electron chi connectivity index (χ0n) is 9.80. The van der Waals surface area contributed by atoms with Crippen LogP contribution in [-0.4, -0.2) is 33.0 Å². The molecule has 2 aliphatic rings. The predicted octanol–water partition coefficient (Wildman–Crippen LogP) is 1.21. The molecule has 3 nitrogen and oxygen atoms in total. The third-order valence-corrected chi connectivity index (χ3v) is 3.99. The van der Waals surface area contributed by atoms with E-state index in [4.69, 9.17) is 4.74 Å². The van der Waals surface area contributed by atoms with Crippen LogP contribution in [0.25, 0.3) is 0 Å². The van der Waals surface area contributed by atoms with E-state index in [0.29, 0.717) is 0 Å². The molecule has 3 atom stereocenters. The highest BCUT2D eigenvalue weighted by molar-refractivity contribution is 4.83. The second-order valence-corrected chi connectivity index (χ2v) is 4.91. The van der Waals surface area contributed by atoms with E-state index >= 15 is 0 Å². The lowest BCUT2D eigenvalue weighted by atomic mass is 9.77. The number of ether oxygens (including phenoxy) is 1. The Morgan fingerprint density at radius 1 is 1.27 bits per heavy atom.